The number of rotatable bonds is 7. The zero-order valence-electron chi connectivity index (χ0n) is 18.8. The van der Waals surface area contributed by atoms with Crippen LogP contribution < -0.4 is 20.2 Å². The maximum atomic E-state index is 13.3. The van der Waals surface area contributed by atoms with Crippen molar-refractivity contribution in [3.05, 3.63) is 99.1 Å². The molecule has 0 radical (unpaired) electrons. The Morgan fingerprint density at radius 2 is 1.63 bits per heavy atom. The Morgan fingerprint density at radius 3 is 2.26 bits per heavy atom. The summed E-state index contributed by atoms with van der Waals surface area (Å²) in [6.07, 6.45) is 1.33. The van der Waals surface area contributed by atoms with Crippen LogP contribution in [0.2, 0.25) is 5.02 Å². The molecule has 35 heavy (non-hydrogen) atoms. The molecule has 0 unspecified atom stereocenters. The first-order chi connectivity index (χ1) is 16.8. The molecular weight excluding hydrogens is 475 g/mol. The molecule has 7 nitrogen and oxygen atoms in total. The third-order valence-corrected chi connectivity index (χ3v) is 5.58. The fraction of sp³-hybridized carbons (Fsp3) is 0.115. The fourth-order valence-corrected chi connectivity index (χ4v) is 3.83. The summed E-state index contributed by atoms with van der Waals surface area (Å²) in [4.78, 5) is 39.1. The molecule has 0 aliphatic carbocycles. The molecular formula is C26H20ClFN2O5. The number of nitrogens with zero attached hydrogens (tertiary/aromatic N) is 1. The van der Waals surface area contributed by atoms with Gasteiger partial charge in [0.2, 0.25) is 11.3 Å². The standard InChI is InChI=1S/C26H20ClFN2O5/c1-34-19-10-18(11-20(12-19)35-2)29-24(31)14-30-13-22(25(32)15-3-6-17(28)7-4-15)26(33)21-9-16(27)5-8-23(21)30/h3-13H,14H2,1-2H3,(H,29,31). The van der Waals surface area contributed by atoms with Gasteiger partial charge in [-0.2, -0.15) is 0 Å². The summed E-state index contributed by atoms with van der Waals surface area (Å²) in [7, 11) is 3.00. The lowest BCUT2D eigenvalue weighted by Gasteiger charge is -2.14. The Labute approximate surface area is 204 Å². The zero-order chi connectivity index (χ0) is 25.1. The number of hydrogen-bond donors (Lipinski definition) is 1. The molecule has 4 rings (SSSR count). The second kappa shape index (κ2) is 9.99. The molecule has 1 N–H and O–H groups in total. The first-order valence-electron chi connectivity index (χ1n) is 10.4. The lowest BCUT2D eigenvalue weighted by Crippen LogP contribution is -2.24. The quantitative estimate of drug-likeness (QED) is 0.377. The van der Waals surface area contributed by atoms with Gasteiger partial charge < -0.3 is 19.4 Å². The Balaban J connectivity index is 1.73. The average Bonchev–Trinajstić information content (AvgIpc) is 2.85. The van der Waals surface area contributed by atoms with E-state index >= 15 is 0 Å². The summed E-state index contributed by atoms with van der Waals surface area (Å²) in [5.74, 6) is -0.524. The smallest absolute Gasteiger partial charge is 0.244 e. The van der Waals surface area contributed by atoms with Crippen molar-refractivity contribution >= 4 is 39.9 Å². The van der Waals surface area contributed by atoms with Crippen molar-refractivity contribution < 1.29 is 23.5 Å². The number of carbonyl (C=O) groups excluding carboxylic acids is 2. The van der Waals surface area contributed by atoms with E-state index in [1.54, 1.807) is 30.3 Å². The summed E-state index contributed by atoms with van der Waals surface area (Å²) < 4.78 is 25.3. The molecule has 1 aromatic heterocycles. The molecule has 0 aliphatic rings. The first-order valence-corrected chi connectivity index (χ1v) is 10.8. The number of benzene rings is 3. The Kier molecular flexibility index (Phi) is 6.84. The molecule has 4 aromatic rings. The van der Waals surface area contributed by atoms with Gasteiger partial charge in [0.1, 0.15) is 23.9 Å². The molecule has 0 saturated carbocycles. The van der Waals surface area contributed by atoms with Crippen LogP contribution in [0.5, 0.6) is 11.5 Å². The maximum absolute atomic E-state index is 13.3. The predicted molar refractivity (Wildman–Crippen MR) is 131 cm³/mol. The number of aromatic nitrogens is 1. The monoisotopic (exact) mass is 494 g/mol. The largest absolute Gasteiger partial charge is 0.497 e. The molecule has 9 heteroatoms. The van der Waals surface area contributed by atoms with E-state index in [-0.39, 0.29) is 23.1 Å². The van der Waals surface area contributed by atoms with Crippen molar-refractivity contribution in [2.75, 3.05) is 19.5 Å². The van der Waals surface area contributed by atoms with E-state index in [0.717, 1.165) is 12.1 Å². The Bertz CT molecular complexity index is 1480. The number of ether oxygens (including phenoxy) is 2. The van der Waals surface area contributed by atoms with Gasteiger partial charge in [-0.3, -0.25) is 14.4 Å². The molecule has 0 atom stereocenters. The molecule has 178 valence electrons. The summed E-state index contributed by atoms with van der Waals surface area (Å²) in [6.45, 7) is -0.207. The first kappa shape index (κ1) is 24.0. The summed E-state index contributed by atoms with van der Waals surface area (Å²) in [5.41, 5.74) is 0.313. The summed E-state index contributed by atoms with van der Waals surface area (Å²) in [6, 6.07) is 14.4. The SMILES string of the molecule is COc1cc(NC(=O)Cn2cc(C(=O)c3ccc(F)cc3)c(=O)c3cc(Cl)ccc32)cc(OC)c1. The van der Waals surface area contributed by atoms with E-state index in [0.29, 0.717) is 27.7 Å². The molecule has 0 fully saturated rings. The van der Waals surface area contributed by atoms with Crippen LogP contribution in [0.1, 0.15) is 15.9 Å². The van der Waals surface area contributed by atoms with Crippen LogP contribution >= 0.6 is 11.6 Å². The third-order valence-electron chi connectivity index (χ3n) is 5.34. The fourth-order valence-electron chi connectivity index (χ4n) is 3.65. The number of pyridine rings is 1. The average molecular weight is 495 g/mol. The number of fused-ring (bicyclic) bond motifs is 1. The van der Waals surface area contributed by atoms with Crippen LogP contribution in [0.15, 0.2) is 71.7 Å². The minimum Gasteiger partial charge on any atom is -0.497 e. The van der Waals surface area contributed by atoms with Crippen molar-refractivity contribution in [2.45, 2.75) is 6.54 Å². The van der Waals surface area contributed by atoms with Gasteiger partial charge in [0, 0.05) is 46.1 Å². The number of anilines is 1. The van der Waals surface area contributed by atoms with Crippen molar-refractivity contribution in [3.8, 4) is 11.5 Å². The van der Waals surface area contributed by atoms with Crippen molar-refractivity contribution in [3.63, 3.8) is 0 Å². The van der Waals surface area contributed by atoms with E-state index in [1.165, 1.54) is 43.2 Å². The number of carbonyl (C=O) groups is 2. The number of amides is 1. The second-order valence-electron chi connectivity index (χ2n) is 7.65. The highest BCUT2D eigenvalue weighted by Gasteiger charge is 2.19. The van der Waals surface area contributed by atoms with Crippen LogP contribution in [0.3, 0.4) is 0 Å². The molecule has 3 aromatic carbocycles. The molecule has 0 spiro atoms. The van der Waals surface area contributed by atoms with E-state index in [4.69, 9.17) is 21.1 Å². The number of methoxy groups -OCH3 is 2. The predicted octanol–water partition coefficient (Wildman–Crippen LogP) is 4.68. The minimum atomic E-state index is -0.594. The normalized spacial score (nSPS) is 10.7. The second-order valence-corrected chi connectivity index (χ2v) is 8.08. The maximum Gasteiger partial charge on any atom is 0.244 e. The lowest BCUT2D eigenvalue weighted by atomic mass is 10.0. The van der Waals surface area contributed by atoms with Crippen LogP contribution in [-0.2, 0) is 11.3 Å². The van der Waals surface area contributed by atoms with E-state index < -0.39 is 22.9 Å². The van der Waals surface area contributed by atoms with Gasteiger partial charge in [0.25, 0.3) is 0 Å². The van der Waals surface area contributed by atoms with E-state index in [9.17, 15) is 18.8 Å². The van der Waals surface area contributed by atoms with Crippen molar-refractivity contribution in [2.24, 2.45) is 0 Å². The van der Waals surface area contributed by atoms with Crippen molar-refractivity contribution in [1.82, 2.24) is 4.57 Å². The Hall–Kier alpha value is -4.17. The van der Waals surface area contributed by atoms with E-state index in [2.05, 4.69) is 5.32 Å². The Morgan fingerprint density at radius 1 is 0.971 bits per heavy atom. The molecule has 1 heterocycles. The van der Waals surface area contributed by atoms with Crippen LogP contribution in [0.4, 0.5) is 10.1 Å². The topological polar surface area (TPSA) is 86.6 Å². The number of hydrogen-bond acceptors (Lipinski definition) is 5. The molecule has 0 saturated heterocycles. The molecule has 1 amide bonds. The summed E-state index contributed by atoms with van der Waals surface area (Å²) >= 11 is 6.10. The number of nitrogens with one attached hydrogen (secondary N) is 1. The number of ketones is 1. The molecule has 0 aliphatic heterocycles. The minimum absolute atomic E-state index is 0.143. The van der Waals surface area contributed by atoms with Crippen LogP contribution in [0, 0.1) is 5.82 Å². The third kappa shape index (κ3) is 5.17. The van der Waals surface area contributed by atoms with Gasteiger partial charge in [0.15, 0.2) is 5.78 Å². The van der Waals surface area contributed by atoms with Gasteiger partial charge in [0.05, 0.1) is 25.3 Å². The highest BCUT2D eigenvalue weighted by Crippen LogP contribution is 2.26. The molecule has 0 bridgehead atoms. The van der Waals surface area contributed by atoms with Gasteiger partial charge in [-0.15, -0.1) is 0 Å². The van der Waals surface area contributed by atoms with E-state index in [1.807, 2.05) is 0 Å². The number of halogens is 2. The highest BCUT2D eigenvalue weighted by atomic mass is 35.5. The highest BCUT2D eigenvalue weighted by molar-refractivity contribution is 6.31. The zero-order valence-corrected chi connectivity index (χ0v) is 19.6. The van der Waals surface area contributed by atoms with Gasteiger partial charge in [-0.1, -0.05) is 11.6 Å². The van der Waals surface area contributed by atoms with Crippen LogP contribution in [0.25, 0.3) is 10.9 Å². The van der Waals surface area contributed by atoms with Gasteiger partial charge >= 0.3 is 0 Å². The van der Waals surface area contributed by atoms with Gasteiger partial charge in [-0.05, 0) is 42.5 Å². The van der Waals surface area contributed by atoms with Gasteiger partial charge in [-0.25, -0.2) is 4.39 Å². The lowest BCUT2D eigenvalue weighted by molar-refractivity contribution is -0.116. The van der Waals surface area contributed by atoms with Crippen molar-refractivity contribution in [1.29, 1.82) is 0 Å². The van der Waals surface area contributed by atoms with Crippen LogP contribution in [-0.4, -0.2) is 30.5 Å². The summed E-state index contributed by atoms with van der Waals surface area (Å²) in [5, 5.41) is 3.25.